The Labute approximate surface area is 148 Å². The van der Waals surface area contributed by atoms with Crippen LogP contribution in [0.3, 0.4) is 0 Å². The van der Waals surface area contributed by atoms with E-state index in [0.29, 0.717) is 11.3 Å². The Kier molecular flexibility index (Phi) is 5.62. The fourth-order valence-electron chi connectivity index (χ4n) is 2.77. The molecule has 0 bridgehead atoms. The van der Waals surface area contributed by atoms with Gasteiger partial charge in [0.2, 0.25) is 0 Å². The van der Waals surface area contributed by atoms with Gasteiger partial charge in [-0.3, -0.25) is 9.78 Å². The summed E-state index contributed by atoms with van der Waals surface area (Å²) in [6.07, 6.45) is 5.15. The number of fused-ring (bicyclic) bond motifs is 1. The predicted molar refractivity (Wildman–Crippen MR) is 104 cm³/mol. The summed E-state index contributed by atoms with van der Waals surface area (Å²) in [5, 5.41) is 7.32. The summed E-state index contributed by atoms with van der Waals surface area (Å²) in [5.41, 5.74) is 3.12. The first-order chi connectivity index (χ1) is 12.3. The molecule has 1 amide bonds. The normalized spacial score (nSPS) is 10.6. The van der Waals surface area contributed by atoms with E-state index in [4.69, 9.17) is 0 Å². The van der Waals surface area contributed by atoms with Gasteiger partial charge in [0.15, 0.2) is 0 Å². The molecule has 0 aliphatic rings. The number of carbonyl (C=O) groups is 1. The quantitative estimate of drug-likeness (QED) is 0.592. The second-order valence-electron chi connectivity index (χ2n) is 6.05. The van der Waals surface area contributed by atoms with Crippen molar-refractivity contribution in [2.45, 2.75) is 26.2 Å². The second-order valence-corrected chi connectivity index (χ2v) is 6.05. The number of nitrogens with one attached hydrogen (secondary N) is 2. The average molecular weight is 333 g/mol. The monoisotopic (exact) mass is 333 g/mol. The van der Waals surface area contributed by atoms with Gasteiger partial charge in [-0.1, -0.05) is 50.1 Å². The van der Waals surface area contributed by atoms with E-state index >= 15 is 0 Å². The molecule has 25 heavy (non-hydrogen) atoms. The number of aromatic nitrogens is 1. The molecule has 4 nitrogen and oxygen atoms in total. The van der Waals surface area contributed by atoms with Gasteiger partial charge in [-0.25, -0.2) is 0 Å². The van der Waals surface area contributed by atoms with Crippen molar-refractivity contribution < 1.29 is 4.79 Å². The van der Waals surface area contributed by atoms with E-state index in [-0.39, 0.29) is 5.91 Å². The third-order valence-electron chi connectivity index (χ3n) is 4.12. The Morgan fingerprint density at radius 2 is 1.84 bits per heavy atom. The molecular formula is C21H23N3O. The van der Waals surface area contributed by atoms with Gasteiger partial charge in [-0.05, 0) is 30.7 Å². The standard InChI is InChI=1S/C21H23N3O/c1-2-3-8-13-22-20-12-7-5-10-18(20)21(25)24-17-14-16-9-4-6-11-19(16)23-15-17/h4-7,9-12,14-15,22H,2-3,8,13H2,1H3,(H,24,25). The Hall–Kier alpha value is -2.88. The first-order valence-electron chi connectivity index (χ1n) is 8.77. The maximum absolute atomic E-state index is 12.7. The van der Waals surface area contributed by atoms with Gasteiger partial charge in [0.1, 0.15) is 0 Å². The van der Waals surface area contributed by atoms with Crippen molar-refractivity contribution in [2.75, 3.05) is 17.2 Å². The number of nitrogens with zero attached hydrogens (tertiary/aromatic N) is 1. The molecule has 0 atom stereocenters. The smallest absolute Gasteiger partial charge is 0.257 e. The molecule has 1 heterocycles. The van der Waals surface area contributed by atoms with Gasteiger partial charge in [0.25, 0.3) is 5.91 Å². The third kappa shape index (κ3) is 4.35. The van der Waals surface area contributed by atoms with Crippen LogP contribution in [0.15, 0.2) is 60.8 Å². The van der Waals surface area contributed by atoms with Crippen LogP contribution in [0.1, 0.15) is 36.5 Å². The minimum atomic E-state index is -0.129. The zero-order chi connectivity index (χ0) is 17.5. The van der Waals surface area contributed by atoms with Crippen LogP contribution in [-0.2, 0) is 0 Å². The number of pyridine rings is 1. The van der Waals surface area contributed by atoms with E-state index in [1.807, 2.05) is 54.6 Å². The summed E-state index contributed by atoms with van der Waals surface area (Å²) < 4.78 is 0. The first-order valence-corrected chi connectivity index (χ1v) is 8.77. The van der Waals surface area contributed by atoms with E-state index in [2.05, 4.69) is 22.5 Å². The highest BCUT2D eigenvalue weighted by Gasteiger charge is 2.11. The van der Waals surface area contributed by atoms with Gasteiger partial charge in [-0.15, -0.1) is 0 Å². The number of benzene rings is 2. The van der Waals surface area contributed by atoms with E-state index in [9.17, 15) is 4.79 Å². The fraction of sp³-hybridized carbons (Fsp3) is 0.238. The summed E-state index contributed by atoms with van der Waals surface area (Å²) in [5.74, 6) is -0.129. The first kappa shape index (κ1) is 17.0. The summed E-state index contributed by atoms with van der Waals surface area (Å²) in [6.45, 7) is 3.05. The van der Waals surface area contributed by atoms with Gasteiger partial charge in [0, 0.05) is 17.6 Å². The highest BCUT2D eigenvalue weighted by Crippen LogP contribution is 2.20. The zero-order valence-corrected chi connectivity index (χ0v) is 14.5. The molecule has 3 aromatic rings. The second kappa shape index (κ2) is 8.29. The fourth-order valence-corrected chi connectivity index (χ4v) is 2.77. The number of hydrogen-bond donors (Lipinski definition) is 2. The molecule has 0 spiro atoms. The van der Waals surface area contributed by atoms with Crippen molar-refractivity contribution in [1.29, 1.82) is 0 Å². The lowest BCUT2D eigenvalue weighted by atomic mass is 10.1. The molecule has 0 saturated carbocycles. The van der Waals surface area contributed by atoms with Crippen LogP contribution in [0.5, 0.6) is 0 Å². The molecule has 4 heteroatoms. The molecule has 0 saturated heterocycles. The molecule has 0 radical (unpaired) electrons. The van der Waals surface area contributed by atoms with E-state index < -0.39 is 0 Å². The lowest BCUT2D eigenvalue weighted by Gasteiger charge is -2.12. The van der Waals surface area contributed by atoms with Crippen LogP contribution in [0.25, 0.3) is 10.9 Å². The highest BCUT2D eigenvalue weighted by molar-refractivity contribution is 6.08. The summed E-state index contributed by atoms with van der Waals surface area (Å²) in [4.78, 5) is 17.1. The molecule has 0 aliphatic heterocycles. The molecule has 2 N–H and O–H groups in total. The Balaban J connectivity index is 1.73. The summed E-state index contributed by atoms with van der Waals surface area (Å²) in [6, 6.07) is 17.4. The molecule has 3 rings (SSSR count). The van der Waals surface area contributed by atoms with Crippen LogP contribution < -0.4 is 10.6 Å². The van der Waals surface area contributed by atoms with Crippen molar-refractivity contribution in [3.8, 4) is 0 Å². The largest absolute Gasteiger partial charge is 0.384 e. The van der Waals surface area contributed by atoms with Gasteiger partial charge in [0.05, 0.1) is 23.0 Å². The van der Waals surface area contributed by atoms with Crippen molar-refractivity contribution in [3.63, 3.8) is 0 Å². The van der Waals surface area contributed by atoms with Crippen molar-refractivity contribution in [1.82, 2.24) is 4.98 Å². The lowest BCUT2D eigenvalue weighted by molar-refractivity contribution is 0.102. The molecule has 128 valence electrons. The number of unbranched alkanes of at least 4 members (excludes halogenated alkanes) is 2. The number of carbonyl (C=O) groups excluding carboxylic acids is 1. The maximum Gasteiger partial charge on any atom is 0.257 e. The van der Waals surface area contributed by atoms with Crippen molar-refractivity contribution in [3.05, 3.63) is 66.4 Å². The van der Waals surface area contributed by atoms with Gasteiger partial charge in [-0.2, -0.15) is 0 Å². The van der Waals surface area contributed by atoms with E-state index in [1.54, 1.807) is 6.20 Å². The number of hydrogen-bond acceptors (Lipinski definition) is 3. The number of amides is 1. The van der Waals surface area contributed by atoms with Crippen LogP contribution in [0.2, 0.25) is 0 Å². The zero-order valence-electron chi connectivity index (χ0n) is 14.5. The number of rotatable bonds is 7. The maximum atomic E-state index is 12.7. The van der Waals surface area contributed by atoms with Crippen LogP contribution in [0.4, 0.5) is 11.4 Å². The van der Waals surface area contributed by atoms with Crippen molar-refractivity contribution in [2.24, 2.45) is 0 Å². The minimum Gasteiger partial charge on any atom is -0.384 e. The SMILES string of the molecule is CCCCCNc1ccccc1C(=O)Nc1cnc2ccccc2c1. The number of para-hydroxylation sites is 2. The van der Waals surface area contributed by atoms with Gasteiger partial charge >= 0.3 is 0 Å². The molecule has 2 aromatic carbocycles. The van der Waals surface area contributed by atoms with Crippen LogP contribution in [0, 0.1) is 0 Å². The van der Waals surface area contributed by atoms with E-state index in [0.717, 1.165) is 29.6 Å². The highest BCUT2D eigenvalue weighted by atomic mass is 16.1. The summed E-state index contributed by atoms with van der Waals surface area (Å²) >= 11 is 0. The van der Waals surface area contributed by atoms with Gasteiger partial charge < -0.3 is 10.6 Å². The van der Waals surface area contributed by atoms with Crippen LogP contribution in [-0.4, -0.2) is 17.4 Å². The number of anilines is 2. The Morgan fingerprint density at radius 3 is 2.72 bits per heavy atom. The topological polar surface area (TPSA) is 54.0 Å². The molecule has 1 aromatic heterocycles. The molecule has 0 aliphatic carbocycles. The predicted octanol–water partition coefficient (Wildman–Crippen LogP) is 5.09. The molecule has 0 unspecified atom stereocenters. The Bertz CT molecular complexity index is 860. The lowest BCUT2D eigenvalue weighted by Crippen LogP contribution is -2.15. The summed E-state index contributed by atoms with van der Waals surface area (Å²) in [7, 11) is 0. The third-order valence-corrected chi connectivity index (χ3v) is 4.12. The van der Waals surface area contributed by atoms with Crippen LogP contribution >= 0.6 is 0 Å². The Morgan fingerprint density at radius 1 is 1.04 bits per heavy atom. The van der Waals surface area contributed by atoms with E-state index in [1.165, 1.54) is 12.8 Å². The van der Waals surface area contributed by atoms with Crippen molar-refractivity contribution >= 4 is 28.2 Å². The minimum absolute atomic E-state index is 0.129. The molecular weight excluding hydrogens is 310 g/mol. The average Bonchev–Trinajstić information content (AvgIpc) is 2.65. The molecule has 0 fully saturated rings.